The Morgan fingerprint density at radius 3 is 2.70 bits per heavy atom. The first-order valence-electron chi connectivity index (χ1n) is 7.68. The predicted octanol–water partition coefficient (Wildman–Crippen LogP) is 2.51. The molecule has 1 aliphatic rings. The van der Waals surface area contributed by atoms with Gasteiger partial charge >= 0.3 is 0 Å². The zero-order valence-electron chi connectivity index (χ0n) is 12.5. The first kappa shape index (κ1) is 14.0. The van der Waals surface area contributed by atoms with E-state index in [0.717, 1.165) is 24.8 Å². The fourth-order valence-corrected chi connectivity index (χ4v) is 3.05. The summed E-state index contributed by atoms with van der Waals surface area (Å²) in [6.45, 7) is 0.644. The lowest BCUT2D eigenvalue weighted by Gasteiger charge is -2.39. The fraction of sp³-hybridized carbons (Fsp3) is 0.375. The van der Waals surface area contributed by atoms with Crippen LogP contribution in [0.15, 0.2) is 41.4 Å². The zero-order chi connectivity index (χ0) is 15.7. The molecule has 1 saturated carbocycles. The maximum atomic E-state index is 13.2. The second-order valence-corrected chi connectivity index (χ2v) is 5.86. The summed E-state index contributed by atoms with van der Waals surface area (Å²) in [6.07, 6.45) is 6.79. The Morgan fingerprint density at radius 1 is 1.22 bits per heavy atom. The van der Waals surface area contributed by atoms with E-state index in [1.165, 1.54) is 18.5 Å². The van der Waals surface area contributed by atoms with Gasteiger partial charge in [0.25, 0.3) is 0 Å². The molecule has 0 spiro atoms. The van der Waals surface area contributed by atoms with Crippen molar-refractivity contribution in [2.24, 2.45) is 0 Å². The minimum atomic E-state index is -0.233. The number of aromatic nitrogens is 5. The Balaban J connectivity index is 1.55. The number of hydrogen-bond acceptors (Lipinski definition) is 5. The lowest BCUT2D eigenvalue weighted by atomic mass is 9.64. The van der Waals surface area contributed by atoms with Crippen molar-refractivity contribution in [1.82, 2.24) is 24.9 Å². The predicted molar refractivity (Wildman–Crippen MR) is 79.1 cm³/mol. The van der Waals surface area contributed by atoms with Crippen molar-refractivity contribution in [3.8, 4) is 0 Å². The van der Waals surface area contributed by atoms with Gasteiger partial charge in [-0.2, -0.15) is 10.1 Å². The Kier molecular flexibility index (Phi) is 3.40. The quantitative estimate of drug-likeness (QED) is 0.724. The van der Waals surface area contributed by atoms with E-state index in [4.69, 9.17) is 4.52 Å². The van der Waals surface area contributed by atoms with Crippen molar-refractivity contribution in [2.45, 2.75) is 37.6 Å². The number of aryl methyl sites for hydroxylation is 2. The van der Waals surface area contributed by atoms with Crippen LogP contribution in [-0.2, 0) is 18.4 Å². The van der Waals surface area contributed by atoms with Gasteiger partial charge < -0.3 is 4.52 Å². The first-order chi connectivity index (χ1) is 11.3. The second kappa shape index (κ2) is 5.57. The third-order valence-corrected chi connectivity index (χ3v) is 4.52. The highest BCUT2D eigenvalue weighted by molar-refractivity contribution is 5.35. The van der Waals surface area contributed by atoms with E-state index in [1.807, 2.05) is 12.1 Å². The smallest absolute Gasteiger partial charge is 0.228 e. The highest BCUT2D eigenvalue weighted by Gasteiger charge is 2.44. The van der Waals surface area contributed by atoms with Crippen LogP contribution in [0.2, 0.25) is 0 Å². The summed E-state index contributed by atoms with van der Waals surface area (Å²) in [5.74, 6) is 1.05. The number of benzene rings is 1. The Hall–Kier alpha value is -2.57. The summed E-state index contributed by atoms with van der Waals surface area (Å²) < 4.78 is 20.3. The van der Waals surface area contributed by atoms with Crippen molar-refractivity contribution in [2.75, 3.05) is 0 Å². The standard InChI is InChI=1S/C16H16FN5O/c17-13-4-2-12(3-5-13)16(7-1-8-16)15-20-14(23-21-15)6-9-22-11-18-10-19-22/h2-5,10-11H,1,6-9H2. The molecule has 3 aromatic rings. The molecule has 118 valence electrons. The highest BCUT2D eigenvalue weighted by atomic mass is 19.1. The maximum Gasteiger partial charge on any atom is 0.228 e. The normalized spacial score (nSPS) is 16.2. The van der Waals surface area contributed by atoms with Gasteiger partial charge in [-0.1, -0.05) is 23.7 Å². The van der Waals surface area contributed by atoms with Crippen LogP contribution >= 0.6 is 0 Å². The van der Waals surface area contributed by atoms with E-state index >= 15 is 0 Å². The topological polar surface area (TPSA) is 69.6 Å². The van der Waals surface area contributed by atoms with Gasteiger partial charge in [0.05, 0.1) is 12.0 Å². The van der Waals surface area contributed by atoms with Gasteiger partial charge in [-0.25, -0.2) is 9.37 Å². The van der Waals surface area contributed by atoms with Crippen LogP contribution in [-0.4, -0.2) is 24.9 Å². The Labute approximate surface area is 132 Å². The van der Waals surface area contributed by atoms with Crippen molar-refractivity contribution >= 4 is 0 Å². The maximum absolute atomic E-state index is 13.2. The van der Waals surface area contributed by atoms with Gasteiger partial charge in [-0.15, -0.1) is 0 Å². The van der Waals surface area contributed by atoms with Crippen molar-refractivity contribution in [3.63, 3.8) is 0 Å². The lowest BCUT2D eigenvalue weighted by molar-refractivity contribution is 0.270. The van der Waals surface area contributed by atoms with Gasteiger partial charge in [0, 0.05) is 6.42 Å². The summed E-state index contributed by atoms with van der Waals surface area (Å²) in [5, 5.41) is 8.23. The number of nitrogens with zero attached hydrogens (tertiary/aromatic N) is 5. The molecule has 0 aliphatic heterocycles. The molecule has 4 rings (SSSR count). The molecule has 0 saturated heterocycles. The molecule has 23 heavy (non-hydrogen) atoms. The average Bonchev–Trinajstić information content (AvgIpc) is 3.17. The van der Waals surface area contributed by atoms with E-state index in [0.29, 0.717) is 24.7 Å². The molecule has 1 fully saturated rings. The minimum absolute atomic E-state index is 0.232. The van der Waals surface area contributed by atoms with Gasteiger partial charge in [0.15, 0.2) is 5.82 Å². The molecule has 0 bridgehead atoms. The SMILES string of the molecule is Fc1ccc(C2(c3noc(CCn4cncn4)n3)CCC2)cc1. The summed E-state index contributed by atoms with van der Waals surface area (Å²) in [6, 6.07) is 6.61. The third-order valence-electron chi connectivity index (χ3n) is 4.52. The third kappa shape index (κ3) is 2.52. The first-order valence-corrected chi connectivity index (χ1v) is 7.68. The summed E-state index contributed by atoms with van der Waals surface area (Å²) in [4.78, 5) is 8.47. The zero-order valence-corrected chi connectivity index (χ0v) is 12.5. The summed E-state index contributed by atoms with van der Waals surface area (Å²) in [7, 11) is 0. The van der Waals surface area contributed by atoms with Gasteiger partial charge in [0.1, 0.15) is 18.5 Å². The van der Waals surface area contributed by atoms with Gasteiger partial charge in [-0.3, -0.25) is 4.68 Å². The number of hydrogen-bond donors (Lipinski definition) is 0. The summed E-state index contributed by atoms with van der Waals surface area (Å²) in [5.41, 5.74) is 0.816. The fourth-order valence-electron chi connectivity index (χ4n) is 3.05. The van der Waals surface area contributed by atoms with E-state index in [9.17, 15) is 4.39 Å². The molecule has 0 atom stereocenters. The molecule has 0 N–H and O–H groups in total. The van der Waals surface area contributed by atoms with Crippen molar-refractivity contribution < 1.29 is 8.91 Å². The van der Waals surface area contributed by atoms with Crippen molar-refractivity contribution in [1.29, 1.82) is 0 Å². The molecular weight excluding hydrogens is 297 g/mol. The largest absolute Gasteiger partial charge is 0.339 e. The van der Waals surface area contributed by atoms with Crippen LogP contribution in [0.25, 0.3) is 0 Å². The molecule has 2 aromatic heterocycles. The minimum Gasteiger partial charge on any atom is -0.339 e. The van der Waals surface area contributed by atoms with E-state index in [2.05, 4.69) is 20.2 Å². The monoisotopic (exact) mass is 313 g/mol. The van der Waals surface area contributed by atoms with Crippen LogP contribution in [0.1, 0.15) is 36.5 Å². The molecule has 1 aliphatic carbocycles. The van der Waals surface area contributed by atoms with E-state index in [1.54, 1.807) is 11.0 Å². The van der Waals surface area contributed by atoms with Crippen LogP contribution < -0.4 is 0 Å². The number of halogens is 1. The van der Waals surface area contributed by atoms with E-state index < -0.39 is 0 Å². The molecular formula is C16H16FN5O. The molecule has 7 heteroatoms. The van der Waals surface area contributed by atoms with E-state index in [-0.39, 0.29) is 11.2 Å². The average molecular weight is 313 g/mol. The van der Waals surface area contributed by atoms with Gasteiger partial charge in [-0.05, 0) is 30.5 Å². The molecule has 1 aromatic carbocycles. The molecule has 0 amide bonds. The van der Waals surface area contributed by atoms with Crippen LogP contribution in [0.3, 0.4) is 0 Å². The molecule has 6 nitrogen and oxygen atoms in total. The number of rotatable bonds is 5. The Morgan fingerprint density at radius 2 is 2.04 bits per heavy atom. The second-order valence-electron chi connectivity index (χ2n) is 5.86. The van der Waals surface area contributed by atoms with Crippen LogP contribution in [0.5, 0.6) is 0 Å². The van der Waals surface area contributed by atoms with Crippen LogP contribution in [0.4, 0.5) is 4.39 Å². The molecule has 0 radical (unpaired) electrons. The van der Waals surface area contributed by atoms with Crippen molar-refractivity contribution in [3.05, 3.63) is 60.0 Å². The summed E-state index contributed by atoms with van der Waals surface area (Å²) >= 11 is 0. The highest BCUT2D eigenvalue weighted by Crippen LogP contribution is 2.47. The lowest BCUT2D eigenvalue weighted by Crippen LogP contribution is -2.36. The Bertz CT molecular complexity index is 777. The molecule has 0 unspecified atom stereocenters. The molecule has 2 heterocycles. The van der Waals surface area contributed by atoms with Crippen LogP contribution in [0, 0.1) is 5.82 Å². The van der Waals surface area contributed by atoms with Gasteiger partial charge in [0.2, 0.25) is 5.89 Å².